The lowest BCUT2D eigenvalue weighted by molar-refractivity contribution is -0.130. The van der Waals surface area contributed by atoms with Gasteiger partial charge in [0.05, 0.1) is 11.7 Å². The fourth-order valence-electron chi connectivity index (χ4n) is 6.66. The van der Waals surface area contributed by atoms with E-state index < -0.39 is 22.0 Å². The number of rotatable bonds is 11. The second-order valence-electron chi connectivity index (χ2n) is 13.0. The van der Waals surface area contributed by atoms with Crippen molar-refractivity contribution in [2.24, 2.45) is 23.3 Å². The van der Waals surface area contributed by atoms with Gasteiger partial charge in [-0.05, 0) is 124 Å². The predicted molar refractivity (Wildman–Crippen MR) is 199 cm³/mol. The molecule has 16 heteroatoms. The van der Waals surface area contributed by atoms with Crippen molar-refractivity contribution >= 4 is 51.5 Å². The Morgan fingerprint density at radius 2 is 1.69 bits per heavy atom. The quantitative estimate of drug-likeness (QED) is 0.150. The van der Waals surface area contributed by atoms with Crippen molar-refractivity contribution < 1.29 is 18.0 Å². The molecule has 2 fully saturated rings. The van der Waals surface area contributed by atoms with Gasteiger partial charge in [0, 0.05) is 35.5 Å². The van der Waals surface area contributed by atoms with Crippen LogP contribution < -0.4 is 26.4 Å². The Kier molecular flexibility index (Phi) is 13.0. The number of hydrogen-bond donors (Lipinski definition) is 5. The van der Waals surface area contributed by atoms with Crippen molar-refractivity contribution in [3.05, 3.63) is 77.8 Å². The van der Waals surface area contributed by atoms with Crippen LogP contribution in [0.5, 0.6) is 0 Å². The van der Waals surface area contributed by atoms with E-state index in [4.69, 9.17) is 23.1 Å². The van der Waals surface area contributed by atoms with Gasteiger partial charge in [0.25, 0.3) is 5.91 Å². The third-order valence-corrected chi connectivity index (χ3v) is 11.2. The Bertz CT molecular complexity index is 1910. The Morgan fingerprint density at radius 3 is 2.35 bits per heavy atom. The molecule has 272 valence electrons. The van der Waals surface area contributed by atoms with Crippen LogP contribution in [0.15, 0.2) is 71.9 Å². The fourth-order valence-corrected chi connectivity index (χ4v) is 8.07. The summed E-state index contributed by atoms with van der Waals surface area (Å²) < 4.78 is 29.1. The van der Waals surface area contributed by atoms with E-state index in [9.17, 15) is 18.0 Å². The number of H-pyrrole nitrogens is 1. The minimum Gasteiger partial charge on any atom is -0.330 e. The van der Waals surface area contributed by atoms with E-state index in [0.29, 0.717) is 47.9 Å². The van der Waals surface area contributed by atoms with Crippen LogP contribution in [0.4, 0.5) is 5.69 Å². The number of piperidine rings is 1. The minimum atomic E-state index is -3.77. The van der Waals surface area contributed by atoms with Gasteiger partial charge in [-0.2, -0.15) is 10.1 Å². The van der Waals surface area contributed by atoms with Gasteiger partial charge in [0.1, 0.15) is 4.90 Å². The first-order valence-electron chi connectivity index (χ1n) is 16.9. The van der Waals surface area contributed by atoms with Crippen LogP contribution in [-0.2, 0) is 26.0 Å². The van der Waals surface area contributed by atoms with Crippen molar-refractivity contribution in [2.45, 2.75) is 61.9 Å². The molecule has 1 atom stereocenters. The van der Waals surface area contributed by atoms with Crippen molar-refractivity contribution in [3.8, 4) is 22.5 Å². The lowest BCUT2D eigenvalue weighted by atomic mass is 9.81. The molecule has 7 N–H and O–H groups in total. The van der Waals surface area contributed by atoms with Crippen LogP contribution in [0.25, 0.3) is 22.5 Å². The normalized spacial score (nSPS) is 18.8. The van der Waals surface area contributed by atoms with Gasteiger partial charge in [0.2, 0.25) is 21.2 Å². The lowest BCUT2D eigenvalue weighted by Gasteiger charge is -2.32. The Balaban J connectivity index is 0.00000504. The highest BCUT2D eigenvalue weighted by Crippen LogP contribution is 2.32. The van der Waals surface area contributed by atoms with E-state index in [2.05, 4.69) is 30.2 Å². The molecule has 51 heavy (non-hydrogen) atoms. The van der Waals surface area contributed by atoms with Crippen LogP contribution in [0.1, 0.15) is 44.1 Å². The number of imide groups is 1. The second-order valence-corrected chi connectivity index (χ2v) is 15.1. The Hall–Kier alpha value is -3.76. The summed E-state index contributed by atoms with van der Waals surface area (Å²) in [6, 6.07) is 14.6. The van der Waals surface area contributed by atoms with Gasteiger partial charge in [-0.25, -0.2) is 23.1 Å². The summed E-state index contributed by atoms with van der Waals surface area (Å²) in [5, 5.41) is 10.1. The number of aromatic amines is 1. The van der Waals surface area contributed by atoms with E-state index >= 15 is 0 Å². The summed E-state index contributed by atoms with van der Waals surface area (Å²) in [4.78, 5) is 37.8. The first kappa shape index (κ1) is 38.5. The summed E-state index contributed by atoms with van der Waals surface area (Å²) in [6.45, 7) is 2.10. The smallest absolute Gasteiger partial charge is 0.251 e. The molecule has 3 heterocycles. The maximum absolute atomic E-state index is 14.1. The number of carbonyl (C=O) groups excluding carboxylic acids is 2. The van der Waals surface area contributed by atoms with Gasteiger partial charge in [-0.1, -0.05) is 24.3 Å². The van der Waals surface area contributed by atoms with E-state index in [-0.39, 0.29) is 46.9 Å². The zero-order chi connectivity index (χ0) is 35.3. The molecule has 1 aliphatic carbocycles. The maximum atomic E-state index is 14.1. The van der Waals surface area contributed by atoms with Gasteiger partial charge in [0.15, 0.2) is 5.82 Å². The average molecular weight is 757 g/mol. The second kappa shape index (κ2) is 17.2. The van der Waals surface area contributed by atoms with Crippen LogP contribution in [-0.4, -0.2) is 72.1 Å². The molecule has 2 aromatic carbocycles. The number of amides is 2. The molecule has 2 aromatic heterocycles. The van der Waals surface area contributed by atoms with E-state index in [1.165, 1.54) is 11.1 Å². The minimum absolute atomic E-state index is 0. The number of halogens is 2. The van der Waals surface area contributed by atoms with Crippen molar-refractivity contribution in [2.75, 3.05) is 24.5 Å². The SMILES string of the molecule is Cl.NCC1CCC(C(=O)N(C(=O)[C@@H](N)Cc2cccc(-c3cncc(S(=O)(=O)NC4CCNCC4)c3)c2)c2ccc(-c3n[nH]c(Cl)n3)cc2)CC1. The largest absolute Gasteiger partial charge is 0.330 e. The van der Waals surface area contributed by atoms with Crippen molar-refractivity contribution in [1.82, 2.24) is 30.2 Å². The average Bonchev–Trinajstić information content (AvgIpc) is 3.58. The zero-order valence-electron chi connectivity index (χ0n) is 28.0. The van der Waals surface area contributed by atoms with Crippen LogP contribution >= 0.6 is 24.0 Å². The standard InChI is InChI=1S/C35H42ClN9O4S.ClH/c36-35-41-32(42-43-35)24-8-10-29(11-9-24)45(33(46)25-6-4-22(19-37)5-7-25)34(47)31(38)17-23-2-1-3-26(16-23)27-18-30(21-40-20-27)50(48,49)44-28-12-14-39-15-13-28;/h1-3,8-11,16,18,20-22,25,28,31,39,44H,4-7,12-15,17,19,37-38H2,(H,41,42,43);1H/t22?,25?,31-;/m0./s1. The summed E-state index contributed by atoms with van der Waals surface area (Å²) >= 11 is 5.91. The Morgan fingerprint density at radius 1 is 0.961 bits per heavy atom. The maximum Gasteiger partial charge on any atom is 0.251 e. The summed E-state index contributed by atoms with van der Waals surface area (Å²) in [7, 11) is -3.77. The molecule has 4 aromatic rings. The predicted octanol–water partition coefficient (Wildman–Crippen LogP) is 3.83. The number of benzene rings is 2. The highest BCUT2D eigenvalue weighted by Gasteiger charge is 2.35. The van der Waals surface area contributed by atoms with Crippen molar-refractivity contribution in [3.63, 3.8) is 0 Å². The number of hydrogen-bond acceptors (Lipinski definition) is 10. The zero-order valence-corrected chi connectivity index (χ0v) is 30.4. The molecule has 0 spiro atoms. The van der Waals surface area contributed by atoms with E-state index in [1.54, 1.807) is 36.5 Å². The summed E-state index contributed by atoms with van der Waals surface area (Å²) in [5.74, 6) is -0.380. The number of anilines is 1. The molecule has 6 rings (SSSR count). The first-order valence-corrected chi connectivity index (χ1v) is 18.8. The number of aromatic nitrogens is 4. The van der Waals surface area contributed by atoms with Crippen LogP contribution in [0, 0.1) is 11.8 Å². The topological polar surface area (TPSA) is 202 Å². The van der Waals surface area contributed by atoms with Gasteiger partial charge in [-0.3, -0.25) is 14.6 Å². The molecular formula is C35H43Cl2N9O4S. The molecular weight excluding hydrogens is 713 g/mol. The molecule has 0 unspecified atom stereocenters. The molecule has 1 saturated heterocycles. The monoisotopic (exact) mass is 755 g/mol. The number of pyridine rings is 1. The third kappa shape index (κ3) is 9.38. The van der Waals surface area contributed by atoms with E-state index in [0.717, 1.165) is 49.9 Å². The van der Waals surface area contributed by atoms with Gasteiger partial charge >= 0.3 is 0 Å². The van der Waals surface area contributed by atoms with Gasteiger partial charge < -0.3 is 16.8 Å². The number of nitrogens with zero attached hydrogens (tertiary/aromatic N) is 4. The number of sulfonamides is 1. The highest BCUT2D eigenvalue weighted by atomic mass is 35.5. The van der Waals surface area contributed by atoms with Gasteiger partial charge in [-0.15, -0.1) is 12.4 Å². The lowest BCUT2D eigenvalue weighted by Crippen LogP contribution is -2.50. The molecule has 2 aliphatic rings. The Labute approximate surface area is 308 Å². The third-order valence-electron chi connectivity index (χ3n) is 9.53. The van der Waals surface area contributed by atoms with Crippen LogP contribution in [0.2, 0.25) is 5.28 Å². The molecule has 13 nitrogen and oxygen atoms in total. The fraction of sp³-hybridized carbons (Fsp3) is 0.400. The molecule has 2 amide bonds. The summed E-state index contributed by atoms with van der Waals surface area (Å²) in [5.41, 5.74) is 15.6. The molecule has 0 bridgehead atoms. The van der Waals surface area contributed by atoms with Crippen LogP contribution in [0.3, 0.4) is 0 Å². The summed E-state index contributed by atoms with van der Waals surface area (Å²) in [6.07, 6.45) is 7.46. The molecule has 1 saturated carbocycles. The van der Waals surface area contributed by atoms with E-state index in [1.807, 2.05) is 24.3 Å². The number of nitrogens with one attached hydrogen (secondary N) is 3. The number of nitrogens with two attached hydrogens (primary N) is 2. The molecule has 0 radical (unpaired) electrons. The first-order chi connectivity index (χ1) is 24.1. The number of carbonyl (C=O) groups is 2. The molecule has 1 aliphatic heterocycles. The van der Waals surface area contributed by atoms with Crippen molar-refractivity contribution in [1.29, 1.82) is 0 Å². The highest BCUT2D eigenvalue weighted by molar-refractivity contribution is 7.89.